The Morgan fingerprint density at radius 3 is 2.50 bits per heavy atom. The molecule has 0 amide bonds. The number of hydrogen-bond donors (Lipinski definition) is 0. The van der Waals surface area contributed by atoms with Gasteiger partial charge in [-0.15, -0.1) is 0 Å². The lowest BCUT2D eigenvalue weighted by atomic mass is 10.1. The third kappa shape index (κ3) is 3.31. The topological polar surface area (TPSA) is 29.5 Å². The summed E-state index contributed by atoms with van der Waals surface area (Å²) in [5.41, 5.74) is 2.58. The molecule has 0 atom stereocenters. The largest absolute Gasteiger partial charge is 0.497 e. The molecule has 0 saturated carbocycles. The van der Waals surface area contributed by atoms with E-state index in [4.69, 9.17) is 16.3 Å². The Morgan fingerprint density at radius 1 is 1.20 bits per heavy atom. The van der Waals surface area contributed by atoms with Gasteiger partial charge < -0.3 is 9.64 Å². The van der Waals surface area contributed by atoms with E-state index in [0.29, 0.717) is 17.1 Å². The molecule has 4 heteroatoms. The Balaban J connectivity index is 2.20. The van der Waals surface area contributed by atoms with Crippen LogP contribution >= 0.6 is 11.6 Å². The van der Waals surface area contributed by atoms with Crippen molar-refractivity contribution in [1.82, 2.24) is 0 Å². The zero-order chi connectivity index (χ0) is 14.5. The molecule has 0 aliphatic carbocycles. The molecule has 20 heavy (non-hydrogen) atoms. The van der Waals surface area contributed by atoms with Gasteiger partial charge in [0.2, 0.25) is 0 Å². The highest BCUT2D eigenvalue weighted by Crippen LogP contribution is 2.24. The second kappa shape index (κ2) is 6.44. The van der Waals surface area contributed by atoms with Crippen LogP contribution in [-0.2, 0) is 6.54 Å². The number of nitrogens with zero attached hydrogens (tertiary/aromatic N) is 1. The molecule has 0 saturated heterocycles. The van der Waals surface area contributed by atoms with E-state index in [-0.39, 0.29) is 0 Å². The van der Waals surface area contributed by atoms with Gasteiger partial charge in [0, 0.05) is 29.9 Å². The van der Waals surface area contributed by atoms with Gasteiger partial charge in [0.1, 0.15) is 5.75 Å². The fraction of sp³-hybridized carbons (Fsp3) is 0.188. The lowest BCUT2D eigenvalue weighted by molar-refractivity contribution is 0.112. The standard InChI is InChI=1S/C16H16ClNO2/c1-18(10-12-3-7-15(20-2)8-4-12)16-9-14(17)6-5-13(16)11-19/h3-9,11H,10H2,1-2H3. The number of ether oxygens (including phenoxy) is 1. The number of rotatable bonds is 5. The maximum atomic E-state index is 11.1. The highest BCUT2D eigenvalue weighted by molar-refractivity contribution is 6.31. The number of aldehydes is 1. The van der Waals surface area contributed by atoms with E-state index in [1.807, 2.05) is 36.2 Å². The van der Waals surface area contributed by atoms with Crippen molar-refractivity contribution in [2.24, 2.45) is 0 Å². The molecule has 0 bridgehead atoms. The van der Waals surface area contributed by atoms with Crippen LogP contribution in [0.1, 0.15) is 15.9 Å². The van der Waals surface area contributed by atoms with Gasteiger partial charge in [0.25, 0.3) is 0 Å². The molecule has 0 heterocycles. The summed E-state index contributed by atoms with van der Waals surface area (Å²) in [6.07, 6.45) is 0.843. The summed E-state index contributed by atoms with van der Waals surface area (Å²) in [4.78, 5) is 13.1. The zero-order valence-electron chi connectivity index (χ0n) is 11.5. The number of benzene rings is 2. The Hall–Kier alpha value is -2.00. The second-order valence-electron chi connectivity index (χ2n) is 4.53. The number of carbonyl (C=O) groups is 1. The Bertz CT molecular complexity index is 596. The minimum Gasteiger partial charge on any atom is -0.497 e. The Labute approximate surface area is 123 Å². The predicted octanol–water partition coefficient (Wildman–Crippen LogP) is 3.80. The van der Waals surface area contributed by atoms with Crippen molar-refractivity contribution in [1.29, 1.82) is 0 Å². The first-order chi connectivity index (χ1) is 9.63. The van der Waals surface area contributed by atoms with E-state index >= 15 is 0 Å². The molecule has 0 aliphatic rings. The molecular weight excluding hydrogens is 274 g/mol. The van der Waals surface area contributed by atoms with Crippen molar-refractivity contribution in [3.8, 4) is 5.75 Å². The van der Waals surface area contributed by atoms with E-state index in [9.17, 15) is 4.79 Å². The summed E-state index contributed by atoms with van der Waals surface area (Å²) in [5, 5.41) is 0.618. The summed E-state index contributed by atoms with van der Waals surface area (Å²) in [5.74, 6) is 0.827. The number of anilines is 1. The first kappa shape index (κ1) is 14.4. The van der Waals surface area contributed by atoms with Crippen LogP contribution in [0, 0.1) is 0 Å². The van der Waals surface area contributed by atoms with Crippen molar-refractivity contribution in [3.05, 3.63) is 58.6 Å². The molecule has 0 N–H and O–H groups in total. The van der Waals surface area contributed by atoms with Crippen molar-refractivity contribution >= 4 is 23.6 Å². The SMILES string of the molecule is COc1ccc(CN(C)c2cc(Cl)ccc2C=O)cc1. The van der Waals surface area contributed by atoms with Gasteiger partial charge >= 0.3 is 0 Å². The van der Waals surface area contributed by atoms with Crippen molar-refractivity contribution < 1.29 is 9.53 Å². The van der Waals surface area contributed by atoms with E-state index < -0.39 is 0 Å². The minimum atomic E-state index is 0.618. The number of carbonyl (C=O) groups excluding carboxylic acids is 1. The van der Waals surface area contributed by atoms with E-state index in [1.54, 1.807) is 25.3 Å². The van der Waals surface area contributed by atoms with Crippen molar-refractivity contribution in [3.63, 3.8) is 0 Å². The van der Waals surface area contributed by atoms with E-state index in [1.165, 1.54) is 0 Å². The maximum Gasteiger partial charge on any atom is 0.152 e. The molecule has 0 fully saturated rings. The van der Waals surface area contributed by atoms with Gasteiger partial charge in [-0.3, -0.25) is 4.79 Å². The number of hydrogen-bond acceptors (Lipinski definition) is 3. The maximum absolute atomic E-state index is 11.1. The predicted molar refractivity (Wildman–Crippen MR) is 81.9 cm³/mol. The summed E-state index contributed by atoms with van der Waals surface area (Å²) in [6, 6.07) is 13.1. The molecule has 104 valence electrons. The van der Waals surface area contributed by atoms with Gasteiger partial charge in [0.15, 0.2) is 6.29 Å². The summed E-state index contributed by atoms with van der Waals surface area (Å²) >= 11 is 6.00. The summed E-state index contributed by atoms with van der Waals surface area (Å²) in [7, 11) is 3.58. The lowest BCUT2D eigenvalue weighted by Crippen LogP contribution is -2.17. The molecule has 3 nitrogen and oxygen atoms in total. The summed E-state index contributed by atoms with van der Waals surface area (Å²) < 4.78 is 5.13. The average molecular weight is 290 g/mol. The fourth-order valence-corrected chi connectivity index (χ4v) is 2.20. The molecule has 0 radical (unpaired) electrons. The molecule has 2 aromatic rings. The Kier molecular flexibility index (Phi) is 4.64. The van der Waals surface area contributed by atoms with Crippen LogP contribution < -0.4 is 9.64 Å². The molecular formula is C16H16ClNO2. The van der Waals surface area contributed by atoms with Crippen LogP contribution in [0.15, 0.2) is 42.5 Å². The quantitative estimate of drug-likeness (QED) is 0.784. The van der Waals surface area contributed by atoms with Crippen molar-refractivity contribution in [2.45, 2.75) is 6.54 Å². The molecule has 0 unspecified atom stereocenters. The van der Waals surface area contributed by atoms with Gasteiger partial charge in [-0.1, -0.05) is 23.7 Å². The summed E-state index contributed by atoms with van der Waals surface area (Å²) in [6.45, 7) is 0.686. The van der Waals surface area contributed by atoms with E-state index in [0.717, 1.165) is 23.3 Å². The normalized spacial score (nSPS) is 10.2. The third-order valence-corrected chi connectivity index (χ3v) is 3.34. The first-order valence-electron chi connectivity index (χ1n) is 6.23. The van der Waals surface area contributed by atoms with Gasteiger partial charge in [-0.05, 0) is 35.9 Å². The number of halogens is 1. The smallest absolute Gasteiger partial charge is 0.152 e. The van der Waals surface area contributed by atoms with Gasteiger partial charge in [-0.25, -0.2) is 0 Å². The molecule has 2 aromatic carbocycles. The first-order valence-corrected chi connectivity index (χ1v) is 6.60. The molecule has 0 spiro atoms. The van der Waals surface area contributed by atoms with Crippen LogP contribution in [-0.4, -0.2) is 20.4 Å². The van der Waals surface area contributed by atoms with Crippen LogP contribution in [0.25, 0.3) is 0 Å². The zero-order valence-corrected chi connectivity index (χ0v) is 12.2. The van der Waals surface area contributed by atoms with Crippen LogP contribution in [0.5, 0.6) is 5.75 Å². The minimum absolute atomic E-state index is 0.618. The molecule has 0 aromatic heterocycles. The average Bonchev–Trinajstić information content (AvgIpc) is 2.48. The lowest BCUT2D eigenvalue weighted by Gasteiger charge is -2.21. The fourth-order valence-electron chi connectivity index (χ4n) is 2.04. The van der Waals surface area contributed by atoms with Crippen LogP contribution in [0.3, 0.4) is 0 Å². The van der Waals surface area contributed by atoms with Crippen molar-refractivity contribution in [2.75, 3.05) is 19.1 Å². The highest BCUT2D eigenvalue weighted by Gasteiger charge is 2.08. The van der Waals surface area contributed by atoms with Gasteiger partial charge in [-0.2, -0.15) is 0 Å². The van der Waals surface area contributed by atoms with E-state index in [2.05, 4.69) is 0 Å². The van der Waals surface area contributed by atoms with Gasteiger partial charge in [0.05, 0.1) is 7.11 Å². The second-order valence-corrected chi connectivity index (χ2v) is 4.96. The van der Waals surface area contributed by atoms with Crippen LogP contribution in [0.2, 0.25) is 5.02 Å². The molecule has 0 aliphatic heterocycles. The third-order valence-electron chi connectivity index (χ3n) is 3.11. The molecule has 2 rings (SSSR count). The number of methoxy groups -OCH3 is 1. The van der Waals surface area contributed by atoms with Crippen LogP contribution in [0.4, 0.5) is 5.69 Å². The Morgan fingerprint density at radius 2 is 1.90 bits per heavy atom. The highest BCUT2D eigenvalue weighted by atomic mass is 35.5. The monoisotopic (exact) mass is 289 g/mol.